The maximum absolute atomic E-state index is 9.51. The van der Waals surface area contributed by atoms with E-state index < -0.39 is 0 Å². The van der Waals surface area contributed by atoms with Crippen LogP contribution in [0.5, 0.6) is 0 Å². The van der Waals surface area contributed by atoms with Gasteiger partial charge in [-0.05, 0) is 45.3 Å². The van der Waals surface area contributed by atoms with Crippen molar-refractivity contribution in [2.24, 2.45) is 0 Å². The summed E-state index contributed by atoms with van der Waals surface area (Å²) in [5.41, 5.74) is 0.0165. The van der Waals surface area contributed by atoms with Gasteiger partial charge in [-0.15, -0.1) is 0 Å². The van der Waals surface area contributed by atoms with Gasteiger partial charge in [0.05, 0.1) is 12.1 Å². The summed E-state index contributed by atoms with van der Waals surface area (Å²) in [7, 11) is 0. The lowest BCUT2D eigenvalue weighted by Crippen LogP contribution is -2.57. The van der Waals surface area contributed by atoms with Crippen molar-refractivity contribution >= 4 is 0 Å². The third-order valence-corrected chi connectivity index (χ3v) is 3.61. The monoisotopic (exact) mass is 198 g/mol. The van der Waals surface area contributed by atoms with Crippen molar-refractivity contribution in [2.45, 2.75) is 37.6 Å². The number of rotatable bonds is 3. The molecule has 2 aliphatic rings. The van der Waals surface area contributed by atoms with E-state index in [4.69, 9.17) is 0 Å². The van der Waals surface area contributed by atoms with Crippen LogP contribution in [0.1, 0.15) is 32.1 Å². The minimum absolute atomic E-state index is 0.0165. The third-order valence-electron chi connectivity index (χ3n) is 3.61. The van der Waals surface area contributed by atoms with Crippen LogP contribution in [0.4, 0.5) is 0 Å². The van der Waals surface area contributed by atoms with Crippen LogP contribution in [0.3, 0.4) is 0 Å². The van der Waals surface area contributed by atoms with Crippen molar-refractivity contribution in [3.8, 4) is 0 Å². The summed E-state index contributed by atoms with van der Waals surface area (Å²) in [6.45, 7) is 4.87. The van der Waals surface area contributed by atoms with Gasteiger partial charge < -0.3 is 15.3 Å². The summed E-state index contributed by atoms with van der Waals surface area (Å²) in [6, 6.07) is 0. The summed E-state index contributed by atoms with van der Waals surface area (Å²) in [4.78, 5) is 2.49. The first-order chi connectivity index (χ1) is 6.85. The molecule has 2 N–H and O–H groups in total. The minimum atomic E-state index is 0.0165. The maximum atomic E-state index is 9.51. The Bertz CT molecular complexity index is 172. The molecule has 0 bridgehead atoms. The standard InChI is InChI=1S/C11H22N2O/c14-10-11(5-1-2-6-12-11)9-13-7-3-4-8-13/h12,14H,1-10H2. The predicted octanol–water partition coefficient (Wildman–Crippen LogP) is 0.587. The lowest BCUT2D eigenvalue weighted by molar-refractivity contribution is 0.0948. The number of aliphatic hydroxyl groups excluding tert-OH is 1. The van der Waals surface area contributed by atoms with Crippen molar-refractivity contribution < 1.29 is 5.11 Å². The molecule has 2 fully saturated rings. The van der Waals surface area contributed by atoms with E-state index in [1.165, 1.54) is 38.8 Å². The summed E-state index contributed by atoms with van der Waals surface area (Å²) in [5, 5.41) is 13.0. The summed E-state index contributed by atoms with van der Waals surface area (Å²) in [5.74, 6) is 0. The van der Waals surface area contributed by atoms with E-state index in [-0.39, 0.29) is 5.54 Å². The highest BCUT2D eigenvalue weighted by molar-refractivity contribution is 4.93. The molecule has 0 spiro atoms. The molecular weight excluding hydrogens is 176 g/mol. The van der Waals surface area contributed by atoms with Gasteiger partial charge in [-0.1, -0.05) is 6.42 Å². The Morgan fingerprint density at radius 2 is 1.93 bits per heavy atom. The van der Waals surface area contributed by atoms with E-state index in [9.17, 15) is 5.11 Å². The number of hydrogen-bond donors (Lipinski definition) is 2. The third kappa shape index (κ3) is 2.27. The summed E-state index contributed by atoms with van der Waals surface area (Å²) < 4.78 is 0. The average molecular weight is 198 g/mol. The molecule has 0 aromatic heterocycles. The van der Waals surface area contributed by atoms with Gasteiger partial charge in [-0.2, -0.15) is 0 Å². The zero-order valence-electron chi connectivity index (χ0n) is 8.97. The highest BCUT2D eigenvalue weighted by atomic mass is 16.3. The molecule has 3 heteroatoms. The first-order valence-corrected chi connectivity index (χ1v) is 5.93. The van der Waals surface area contributed by atoms with Gasteiger partial charge in [0.1, 0.15) is 0 Å². The molecular formula is C11H22N2O. The van der Waals surface area contributed by atoms with Crippen LogP contribution < -0.4 is 5.32 Å². The van der Waals surface area contributed by atoms with Gasteiger partial charge >= 0.3 is 0 Å². The molecule has 2 aliphatic heterocycles. The highest BCUT2D eigenvalue weighted by Gasteiger charge is 2.33. The van der Waals surface area contributed by atoms with Gasteiger partial charge in [0, 0.05) is 6.54 Å². The van der Waals surface area contributed by atoms with Gasteiger partial charge in [0.15, 0.2) is 0 Å². The smallest absolute Gasteiger partial charge is 0.0625 e. The van der Waals surface area contributed by atoms with E-state index >= 15 is 0 Å². The maximum Gasteiger partial charge on any atom is 0.0625 e. The largest absolute Gasteiger partial charge is 0.394 e. The fourth-order valence-electron chi connectivity index (χ4n) is 2.72. The van der Waals surface area contributed by atoms with Crippen LogP contribution in [-0.2, 0) is 0 Å². The van der Waals surface area contributed by atoms with Crippen molar-refractivity contribution in [1.82, 2.24) is 10.2 Å². The molecule has 3 nitrogen and oxygen atoms in total. The van der Waals surface area contributed by atoms with Crippen LogP contribution in [-0.4, -0.2) is 48.3 Å². The van der Waals surface area contributed by atoms with Crippen LogP contribution in [0, 0.1) is 0 Å². The van der Waals surface area contributed by atoms with Crippen LogP contribution in [0.15, 0.2) is 0 Å². The van der Waals surface area contributed by atoms with E-state index in [1.807, 2.05) is 0 Å². The van der Waals surface area contributed by atoms with Crippen LogP contribution >= 0.6 is 0 Å². The Morgan fingerprint density at radius 3 is 2.50 bits per heavy atom. The number of likely N-dealkylation sites (tertiary alicyclic amines) is 1. The Labute approximate surface area is 86.5 Å². The Kier molecular flexibility index (Phi) is 3.42. The Hall–Kier alpha value is -0.120. The van der Waals surface area contributed by atoms with Gasteiger partial charge in [-0.25, -0.2) is 0 Å². The molecule has 2 saturated heterocycles. The number of nitrogens with zero attached hydrogens (tertiary/aromatic N) is 1. The molecule has 0 saturated carbocycles. The molecule has 0 aliphatic carbocycles. The van der Waals surface area contributed by atoms with Gasteiger partial charge in [0.25, 0.3) is 0 Å². The Morgan fingerprint density at radius 1 is 1.14 bits per heavy atom. The van der Waals surface area contributed by atoms with Crippen LogP contribution in [0.25, 0.3) is 0 Å². The molecule has 0 amide bonds. The minimum Gasteiger partial charge on any atom is -0.394 e. The lowest BCUT2D eigenvalue weighted by Gasteiger charge is -2.39. The second kappa shape index (κ2) is 4.60. The van der Waals surface area contributed by atoms with Crippen molar-refractivity contribution in [3.05, 3.63) is 0 Å². The fraction of sp³-hybridized carbons (Fsp3) is 1.00. The SMILES string of the molecule is OCC1(CN2CCCC2)CCCCN1. The van der Waals surface area contributed by atoms with E-state index in [0.29, 0.717) is 6.61 Å². The van der Waals surface area contributed by atoms with E-state index in [2.05, 4.69) is 10.2 Å². The predicted molar refractivity (Wildman–Crippen MR) is 57.3 cm³/mol. The Balaban J connectivity index is 1.89. The second-order valence-corrected chi connectivity index (χ2v) is 4.81. The van der Waals surface area contributed by atoms with Gasteiger partial charge in [0.2, 0.25) is 0 Å². The zero-order chi connectivity index (χ0) is 9.86. The molecule has 2 rings (SSSR count). The molecule has 1 atom stereocenters. The number of aliphatic hydroxyl groups is 1. The molecule has 0 radical (unpaired) electrons. The average Bonchev–Trinajstić information content (AvgIpc) is 2.72. The molecule has 0 aromatic carbocycles. The zero-order valence-corrected chi connectivity index (χ0v) is 8.97. The van der Waals surface area contributed by atoms with Gasteiger partial charge in [-0.3, -0.25) is 0 Å². The fourth-order valence-corrected chi connectivity index (χ4v) is 2.72. The van der Waals surface area contributed by atoms with E-state index in [1.54, 1.807) is 0 Å². The number of piperidine rings is 1. The topological polar surface area (TPSA) is 35.5 Å². The summed E-state index contributed by atoms with van der Waals surface area (Å²) >= 11 is 0. The molecule has 0 aromatic rings. The normalized spacial score (nSPS) is 34.9. The number of nitrogens with one attached hydrogen (secondary N) is 1. The van der Waals surface area contributed by atoms with Crippen LogP contribution in [0.2, 0.25) is 0 Å². The van der Waals surface area contributed by atoms with E-state index in [0.717, 1.165) is 19.5 Å². The highest BCUT2D eigenvalue weighted by Crippen LogP contribution is 2.22. The molecule has 2 heterocycles. The van der Waals surface area contributed by atoms with Crippen molar-refractivity contribution in [2.75, 3.05) is 32.8 Å². The molecule has 14 heavy (non-hydrogen) atoms. The van der Waals surface area contributed by atoms with Crippen molar-refractivity contribution in [3.63, 3.8) is 0 Å². The number of hydrogen-bond acceptors (Lipinski definition) is 3. The van der Waals surface area contributed by atoms with Crippen molar-refractivity contribution in [1.29, 1.82) is 0 Å². The molecule has 1 unspecified atom stereocenters. The summed E-state index contributed by atoms with van der Waals surface area (Å²) in [6.07, 6.45) is 6.34. The quantitative estimate of drug-likeness (QED) is 0.696. The first-order valence-electron chi connectivity index (χ1n) is 5.93. The first kappa shape index (κ1) is 10.4. The molecule has 82 valence electrons. The second-order valence-electron chi connectivity index (χ2n) is 4.81. The lowest BCUT2D eigenvalue weighted by atomic mass is 9.89.